The van der Waals surface area contributed by atoms with E-state index in [0.717, 1.165) is 15.8 Å². The van der Waals surface area contributed by atoms with Crippen molar-refractivity contribution in [2.24, 2.45) is 0 Å². The SMILES string of the molecule is Cc1ccc(F)c(NC2CCOc3ccc(Br)cc32)c1F. The zero-order valence-electron chi connectivity index (χ0n) is 11.4. The van der Waals surface area contributed by atoms with Crippen LogP contribution in [-0.2, 0) is 0 Å². The molecule has 0 spiro atoms. The third-order valence-corrected chi connectivity index (χ3v) is 4.11. The molecule has 2 nitrogen and oxygen atoms in total. The highest BCUT2D eigenvalue weighted by atomic mass is 79.9. The summed E-state index contributed by atoms with van der Waals surface area (Å²) in [6, 6.07) is 8.19. The van der Waals surface area contributed by atoms with Crippen LogP contribution in [0.3, 0.4) is 0 Å². The summed E-state index contributed by atoms with van der Waals surface area (Å²) in [6.45, 7) is 2.13. The Morgan fingerprint density at radius 2 is 2.05 bits per heavy atom. The number of rotatable bonds is 2. The number of anilines is 1. The summed E-state index contributed by atoms with van der Waals surface area (Å²) in [4.78, 5) is 0. The van der Waals surface area contributed by atoms with E-state index in [4.69, 9.17) is 4.74 Å². The van der Waals surface area contributed by atoms with Gasteiger partial charge in [0.05, 0.1) is 12.6 Å². The van der Waals surface area contributed by atoms with E-state index in [0.29, 0.717) is 18.6 Å². The molecule has 0 radical (unpaired) electrons. The van der Waals surface area contributed by atoms with Crippen LogP contribution in [-0.4, -0.2) is 6.61 Å². The van der Waals surface area contributed by atoms with E-state index in [1.165, 1.54) is 12.1 Å². The van der Waals surface area contributed by atoms with Crippen molar-refractivity contribution >= 4 is 21.6 Å². The fourth-order valence-corrected chi connectivity index (χ4v) is 2.86. The van der Waals surface area contributed by atoms with Gasteiger partial charge < -0.3 is 10.1 Å². The van der Waals surface area contributed by atoms with Gasteiger partial charge in [-0.2, -0.15) is 0 Å². The van der Waals surface area contributed by atoms with Gasteiger partial charge in [-0.3, -0.25) is 0 Å². The summed E-state index contributed by atoms with van der Waals surface area (Å²) < 4.78 is 34.5. The van der Waals surface area contributed by atoms with Gasteiger partial charge in [-0.25, -0.2) is 8.78 Å². The number of hydrogen-bond acceptors (Lipinski definition) is 2. The minimum Gasteiger partial charge on any atom is -0.493 e. The molecule has 1 aliphatic rings. The van der Waals surface area contributed by atoms with E-state index in [1.54, 1.807) is 6.92 Å². The molecule has 5 heteroatoms. The molecule has 21 heavy (non-hydrogen) atoms. The van der Waals surface area contributed by atoms with E-state index in [2.05, 4.69) is 21.2 Å². The normalized spacial score (nSPS) is 17.0. The molecular weight excluding hydrogens is 340 g/mol. The summed E-state index contributed by atoms with van der Waals surface area (Å²) in [5, 5.41) is 2.99. The summed E-state index contributed by atoms with van der Waals surface area (Å²) in [6.07, 6.45) is 0.649. The van der Waals surface area contributed by atoms with Gasteiger partial charge in [-0.1, -0.05) is 22.0 Å². The topological polar surface area (TPSA) is 21.3 Å². The van der Waals surface area contributed by atoms with Gasteiger partial charge >= 0.3 is 0 Å². The predicted octanol–water partition coefficient (Wildman–Crippen LogP) is 4.97. The Balaban J connectivity index is 1.98. The minimum absolute atomic E-state index is 0.0761. The molecule has 0 saturated carbocycles. The summed E-state index contributed by atoms with van der Waals surface area (Å²) in [5.41, 5.74) is 1.24. The second-order valence-electron chi connectivity index (χ2n) is 5.07. The minimum atomic E-state index is -0.582. The molecule has 1 N–H and O–H groups in total. The lowest BCUT2D eigenvalue weighted by molar-refractivity contribution is 0.274. The van der Waals surface area contributed by atoms with Gasteiger partial charge in [0.2, 0.25) is 0 Å². The average molecular weight is 354 g/mol. The molecule has 1 unspecified atom stereocenters. The fraction of sp³-hybridized carbons (Fsp3) is 0.250. The van der Waals surface area contributed by atoms with E-state index in [1.807, 2.05) is 18.2 Å². The zero-order chi connectivity index (χ0) is 15.0. The molecule has 1 atom stereocenters. The third-order valence-electron chi connectivity index (χ3n) is 3.61. The van der Waals surface area contributed by atoms with Crippen molar-refractivity contribution < 1.29 is 13.5 Å². The van der Waals surface area contributed by atoms with Crippen LogP contribution < -0.4 is 10.1 Å². The first kappa shape index (κ1) is 14.3. The Labute approximate surface area is 130 Å². The Morgan fingerprint density at radius 1 is 1.24 bits per heavy atom. The molecule has 2 aromatic rings. The monoisotopic (exact) mass is 353 g/mol. The standard InChI is InChI=1S/C16H14BrF2NO/c1-9-2-4-12(18)16(15(9)19)20-13-6-7-21-14-5-3-10(17)8-11(13)14/h2-5,8,13,20H,6-7H2,1H3. The maximum Gasteiger partial charge on any atom is 0.152 e. The van der Waals surface area contributed by atoms with Crippen molar-refractivity contribution in [2.45, 2.75) is 19.4 Å². The van der Waals surface area contributed by atoms with Crippen LogP contribution in [0.2, 0.25) is 0 Å². The van der Waals surface area contributed by atoms with Crippen LogP contribution in [0.25, 0.3) is 0 Å². The zero-order valence-corrected chi connectivity index (χ0v) is 13.0. The average Bonchev–Trinajstić information content (AvgIpc) is 2.48. The maximum absolute atomic E-state index is 14.1. The van der Waals surface area contributed by atoms with Gasteiger partial charge in [0, 0.05) is 16.5 Å². The molecule has 0 fully saturated rings. The number of ether oxygens (including phenoxy) is 1. The molecule has 1 aliphatic heterocycles. The Bertz CT molecular complexity index is 690. The number of nitrogens with one attached hydrogen (secondary N) is 1. The molecule has 2 aromatic carbocycles. The molecule has 0 saturated heterocycles. The van der Waals surface area contributed by atoms with Gasteiger partial charge in [0.1, 0.15) is 17.3 Å². The van der Waals surface area contributed by atoms with E-state index < -0.39 is 11.6 Å². The molecule has 1 heterocycles. The lowest BCUT2D eigenvalue weighted by Crippen LogP contribution is -2.21. The first-order chi connectivity index (χ1) is 10.1. The summed E-state index contributed by atoms with van der Waals surface area (Å²) in [5.74, 6) is -0.380. The second-order valence-corrected chi connectivity index (χ2v) is 5.99. The van der Waals surface area contributed by atoms with Crippen LogP contribution in [0, 0.1) is 18.6 Å². The molecular formula is C16H14BrF2NO. The van der Waals surface area contributed by atoms with Crippen LogP contribution in [0.4, 0.5) is 14.5 Å². The number of fused-ring (bicyclic) bond motifs is 1. The first-order valence-corrected chi connectivity index (χ1v) is 7.49. The molecule has 0 aromatic heterocycles. The fourth-order valence-electron chi connectivity index (χ4n) is 2.48. The molecule has 0 aliphatic carbocycles. The Hall–Kier alpha value is -1.62. The van der Waals surface area contributed by atoms with Crippen LogP contribution >= 0.6 is 15.9 Å². The van der Waals surface area contributed by atoms with Gasteiger partial charge in [-0.15, -0.1) is 0 Å². The first-order valence-electron chi connectivity index (χ1n) is 6.69. The largest absolute Gasteiger partial charge is 0.493 e. The van der Waals surface area contributed by atoms with Crippen molar-refractivity contribution in [3.05, 3.63) is 57.6 Å². The molecule has 0 amide bonds. The quantitative estimate of drug-likeness (QED) is 0.822. The predicted molar refractivity (Wildman–Crippen MR) is 81.7 cm³/mol. The smallest absolute Gasteiger partial charge is 0.152 e. The Morgan fingerprint density at radius 3 is 2.86 bits per heavy atom. The van der Waals surface area contributed by atoms with Crippen LogP contribution in [0.15, 0.2) is 34.8 Å². The highest BCUT2D eigenvalue weighted by molar-refractivity contribution is 9.10. The number of hydrogen-bond donors (Lipinski definition) is 1. The second kappa shape index (κ2) is 5.64. The van der Waals surface area contributed by atoms with E-state index >= 15 is 0 Å². The lowest BCUT2D eigenvalue weighted by atomic mass is 10.00. The van der Waals surface area contributed by atoms with Crippen molar-refractivity contribution in [1.82, 2.24) is 0 Å². The van der Waals surface area contributed by atoms with Crippen molar-refractivity contribution in [3.8, 4) is 5.75 Å². The third kappa shape index (κ3) is 2.75. The Kier molecular flexibility index (Phi) is 3.85. The highest BCUT2D eigenvalue weighted by Gasteiger charge is 2.24. The number of halogens is 3. The van der Waals surface area contributed by atoms with Crippen LogP contribution in [0.1, 0.15) is 23.6 Å². The van der Waals surface area contributed by atoms with E-state index in [-0.39, 0.29) is 11.7 Å². The van der Waals surface area contributed by atoms with Crippen LogP contribution in [0.5, 0.6) is 5.75 Å². The van der Waals surface area contributed by atoms with Crippen molar-refractivity contribution in [3.63, 3.8) is 0 Å². The van der Waals surface area contributed by atoms with Crippen molar-refractivity contribution in [2.75, 3.05) is 11.9 Å². The van der Waals surface area contributed by atoms with Crippen molar-refractivity contribution in [1.29, 1.82) is 0 Å². The van der Waals surface area contributed by atoms with E-state index in [9.17, 15) is 8.78 Å². The molecule has 0 bridgehead atoms. The number of aryl methyl sites for hydroxylation is 1. The molecule has 110 valence electrons. The molecule has 3 rings (SSSR count). The lowest BCUT2D eigenvalue weighted by Gasteiger charge is -2.28. The van der Waals surface area contributed by atoms with Gasteiger partial charge in [-0.05, 0) is 36.8 Å². The highest BCUT2D eigenvalue weighted by Crippen LogP contribution is 2.37. The van der Waals surface area contributed by atoms with Gasteiger partial charge in [0.15, 0.2) is 5.82 Å². The maximum atomic E-state index is 14.1. The number of benzene rings is 2. The summed E-state index contributed by atoms with van der Waals surface area (Å²) >= 11 is 3.41. The summed E-state index contributed by atoms with van der Waals surface area (Å²) in [7, 11) is 0. The van der Waals surface area contributed by atoms with Gasteiger partial charge in [0.25, 0.3) is 0 Å².